The SMILES string of the molecule is CCCCCCn1cc(C(=O)N[C@H](C(=O)OC)C(C)(C)C)c2ccccc21. The lowest BCUT2D eigenvalue weighted by Crippen LogP contribution is -2.49. The molecule has 0 aliphatic carbocycles. The van der Waals surface area contributed by atoms with Gasteiger partial charge in [0, 0.05) is 23.6 Å². The van der Waals surface area contributed by atoms with Gasteiger partial charge in [0.25, 0.3) is 5.91 Å². The monoisotopic (exact) mass is 372 g/mol. The number of hydrogen-bond acceptors (Lipinski definition) is 3. The van der Waals surface area contributed by atoms with Crippen LogP contribution in [0.25, 0.3) is 10.9 Å². The minimum Gasteiger partial charge on any atom is -0.467 e. The van der Waals surface area contributed by atoms with Gasteiger partial charge < -0.3 is 14.6 Å². The smallest absolute Gasteiger partial charge is 0.328 e. The van der Waals surface area contributed by atoms with E-state index in [1.807, 2.05) is 51.2 Å². The van der Waals surface area contributed by atoms with Crippen LogP contribution >= 0.6 is 0 Å². The van der Waals surface area contributed by atoms with Crippen molar-refractivity contribution in [3.8, 4) is 0 Å². The third kappa shape index (κ3) is 5.12. The first-order valence-corrected chi connectivity index (χ1v) is 9.76. The van der Waals surface area contributed by atoms with E-state index in [1.54, 1.807) is 0 Å². The van der Waals surface area contributed by atoms with Crippen molar-refractivity contribution < 1.29 is 14.3 Å². The number of nitrogens with zero attached hydrogens (tertiary/aromatic N) is 1. The minimum absolute atomic E-state index is 0.246. The van der Waals surface area contributed by atoms with Gasteiger partial charge in [-0.3, -0.25) is 4.79 Å². The Morgan fingerprint density at radius 3 is 2.48 bits per heavy atom. The molecule has 0 saturated heterocycles. The van der Waals surface area contributed by atoms with Crippen LogP contribution in [0, 0.1) is 5.41 Å². The Kier molecular flexibility index (Phi) is 7.05. The second kappa shape index (κ2) is 9.07. The Bertz CT molecular complexity index is 786. The number of methoxy groups -OCH3 is 1. The second-order valence-electron chi connectivity index (χ2n) is 8.11. The van der Waals surface area contributed by atoms with Crippen LogP contribution in [-0.2, 0) is 16.1 Å². The van der Waals surface area contributed by atoms with Crippen molar-refractivity contribution in [3.63, 3.8) is 0 Å². The van der Waals surface area contributed by atoms with Crippen LogP contribution in [0.2, 0.25) is 0 Å². The zero-order valence-electron chi connectivity index (χ0n) is 17.2. The average molecular weight is 373 g/mol. The van der Waals surface area contributed by atoms with Crippen LogP contribution in [0.5, 0.6) is 0 Å². The highest BCUT2D eigenvalue weighted by Gasteiger charge is 2.34. The summed E-state index contributed by atoms with van der Waals surface area (Å²) in [5.41, 5.74) is 1.20. The molecular formula is C22H32N2O3. The van der Waals surface area contributed by atoms with Crippen LogP contribution < -0.4 is 5.32 Å². The molecule has 5 nitrogen and oxygen atoms in total. The summed E-state index contributed by atoms with van der Waals surface area (Å²) in [7, 11) is 1.34. The highest BCUT2D eigenvalue weighted by atomic mass is 16.5. The maximum atomic E-state index is 13.0. The van der Waals surface area contributed by atoms with Gasteiger partial charge >= 0.3 is 5.97 Å². The molecule has 1 aromatic heterocycles. The van der Waals surface area contributed by atoms with Crippen molar-refractivity contribution in [3.05, 3.63) is 36.0 Å². The van der Waals surface area contributed by atoms with E-state index in [4.69, 9.17) is 4.74 Å². The van der Waals surface area contributed by atoms with E-state index in [0.29, 0.717) is 5.56 Å². The second-order valence-corrected chi connectivity index (χ2v) is 8.11. The van der Waals surface area contributed by atoms with E-state index in [0.717, 1.165) is 23.9 Å². The predicted octanol–water partition coefficient (Wildman–Crippen LogP) is 4.54. The molecule has 1 heterocycles. The van der Waals surface area contributed by atoms with Crippen LogP contribution in [0.1, 0.15) is 63.7 Å². The van der Waals surface area contributed by atoms with E-state index in [-0.39, 0.29) is 5.91 Å². The molecule has 0 radical (unpaired) electrons. The van der Waals surface area contributed by atoms with E-state index in [1.165, 1.54) is 26.4 Å². The summed E-state index contributed by atoms with van der Waals surface area (Å²) in [4.78, 5) is 25.1. The van der Waals surface area contributed by atoms with Crippen molar-refractivity contribution in [2.24, 2.45) is 5.41 Å². The fraction of sp³-hybridized carbons (Fsp3) is 0.545. The molecule has 1 amide bonds. The molecule has 0 aliphatic heterocycles. The lowest BCUT2D eigenvalue weighted by molar-refractivity contribution is -0.145. The fourth-order valence-electron chi connectivity index (χ4n) is 3.28. The Morgan fingerprint density at radius 2 is 1.85 bits per heavy atom. The van der Waals surface area contributed by atoms with Gasteiger partial charge in [-0.05, 0) is 17.9 Å². The van der Waals surface area contributed by atoms with Crippen molar-refractivity contribution in [2.75, 3.05) is 7.11 Å². The minimum atomic E-state index is -0.707. The molecule has 5 heteroatoms. The molecular weight excluding hydrogens is 340 g/mol. The molecule has 148 valence electrons. The van der Waals surface area contributed by atoms with E-state index in [9.17, 15) is 9.59 Å². The number of nitrogens with one attached hydrogen (secondary N) is 1. The van der Waals surface area contributed by atoms with Crippen molar-refractivity contribution in [2.45, 2.75) is 66.0 Å². The third-order valence-electron chi connectivity index (χ3n) is 4.86. The number of hydrogen-bond donors (Lipinski definition) is 1. The number of esters is 1. The zero-order valence-corrected chi connectivity index (χ0v) is 17.2. The Morgan fingerprint density at radius 1 is 1.15 bits per heavy atom. The molecule has 0 aliphatic rings. The van der Waals surface area contributed by atoms with Gasteiger partial charge in [0.05, 0.1) is 12.7 Å². The van der Waals surface area contributed by atoms with Gasteiger partial charge in [-0.1, -0.05) is 65.2 Å². The van der Waals surface area contributed by atoms with Crippen molar-refractivity contribution in [1.29, 1.82) is 0 Å². The lowest BCUT2D eigenvalue weighted by Gasteiger charge is -2.28. The number of rotatable bonds is 8. The number of para-hydroxylation sites is 1. The lowest BCUT2D eigenvalue weighted by atomic mass is 9.86. The number of aryl methyl sites for hydroxylation is 1. The number of unbranched alkanes of at least 4 members (excludes halogenated alkanes) is 3. The molecule has 27 heavy (non-hydrogen) atoms. The quantitative estimate of drug-likeness (QED) is 0.547. The molecule has 2 aromatic rings. The summed E-state index contributed by atoms with van der Waals surface area (Å²) in [6, 6.07) is 7.20. The maximum Gasteiger partial charge on any atom is 0.328 e. The number of amides is 1. The number of fused-ring (bicyclic) bond motifs is 1. The van der Waals surface area contributed by atoms with E-state index >= 15 is 0 Å². The van der Waals surface area contributed by atoms with Crippen molar-refractivity contribution >= 4 is 22.8 Å². The number of carbonyl (C=O) groups is 2. The molecule has 1 N–H and O–H groups in total. The summed E-state index contributed by atoms with van der Waals surface area (Å²) < 4.78 is 7.03. The molecule has 0 unspecified atom stereocenters. The molecule has 0 spiro atoms. The highest BCUT2D eigenvalue weighted by molar-refractivity contribution is 6.08. The Labute approximate surface area is 162 Å². The molecule has 2 rings (SSSR count). The summed E-state index contributed by atoms with van der Waals surface area (Å²) in [5.74, 6) is -0.678. The first-order valence-electron chi connectivity index (χ1n) is 9.76. The average Bonchev–Trinajstić information content (AvgIpc) is 3.00. The molecule has 0 saturated carbocycles. The molecule has 0 bridgehead atoms. The first kappa shape index (κ1) is 21.0. The fourth-order valence-corrected chi connectivity index (χ4v) is 3.28. The molecule has 1 atom stereocenters. The van der Waals surface area contributed by atoms with Gasteiger partial charge in [-0.25, -0.2) is 4.79 Å². The Balaban J connectivity index is 2.28. The first-order chi connectivity index (χ1) is 12.8. The zero-order chi connectivity index (χ0) is 20.0. The highest BCUT2D eigenvalue weighted by Crippen LogP contribution is 2.25. The number of ether oxygens (including phenoxy) is 1. The number of aromatic nitrogens is 1. The topological polar surface area (TPSA) is 60.3 Å². The van der Waals surface area contributed by atoms with Gasteiger partial charge in [0.15, 0.2) is 0 Å². The van der Waals surface area contributed by atoms with Gasteiger partial charge in [-0.15, -0.1) is 0 Å². The largest absolute Gasteiger partial charge is 0.467 e. The van der Waals surface area contributed by atoms with Crippen molar-refractivity contribution in [1.82, 2.24) is 9.88 Å². The summed E-state index contributed by atoms with van der Waals surface area (Å²) in [6.45, 7) is 8.80. The molecule has 0 fully saturated rings. The predicted molar refractivity (Wildman–Crippen MR) is 109 cm³/mol. The Hall–Kier alpha value is -2.30. The van der Waals surface area contributed by atoms with E-state index < -0.39 is 17.4 Å². The standard InChI is InChI=1S/C22H32N2O3/c1-6-7-8-11-14-24-15-17(16-12-9-10-13-18(16)24)20(25)23-19(21(26)27-5)22(2,3)4/h9-10,12-13,15,19H,6-8,11,14H2,1-5H3,(H,23,25)/t19-/m1/s1. The number of carbonyl (C=O) groups excluding carboxylic acids is 2. The van der Waals surface area contributed by atoms with Crippen LogP contribution in [0.3, 0.4) is 0 Å². The molecule has 1 aromatic carbocycles. The number of benzene rings is 1. The van der Waals surface area contributed by atoms with Gasteiger partial charge in [0.2, 0.25) is 0 Å². The maximum absolute atomic E-state index is 13.0. The summed E-state index contributed by atoms with van der Waals surface area (Å²) in [5, 5.41) is 3.78. The van der Waals surface area contributed by atoms with Crippen LogP contribution in [0.15, 0.2) is 30.5 Å². The van der Waals surface area contributed by atoms with Gasteiger partial charge in [0.1, 0.15) is 6.04 Å². The summed E-state index contributed by atoms with van der Waals surface area (Å²) in [6.07, 6.45) is 6.59. The van der Waals surface area contributed by atoms with Gasteiger partial charge in [-0.2, -0.15) is 0 Å². The third-order valence-corrected chi connectivity index (χ3v) is 4.86. The van der Waals surface area contributed by atoms with E-state index in [2.05, 4.69) is 16.8 Å². The normalized spacial score (nSPS) is 12.8. The van der Waals surface area contributed by atoms with Crippen LogP contribution in [-0.4, -0.2) is 29.6 Å². The van der Waals surface area contributed by atoms with Crippen LogP contribution in [0.4, 0.5) is 0 Å². The summed E-state index contributed by atoms with van der Waals surface area (Å²) >= 11 is 0.